The Morgan fingerprint density at radius 3 is 1.64 bits per heavy atom. The van der Waals surface area contributed by atoms with E-state index < -0.39 is 10.9 Å². The lowest BCUT2D eigenvalue weighted by Crippen LogP contribution is -2.04. The van der Waals surface area contributed by atoms with Gasteiger partial charge in [0.05, 0.1) is 17.6 Å². The van der Waals surface area contributed by atoms with Gasteiger partial charge in [0.15, 0.2) is 5.78 Å². The number of nitrogens with zero attached hydrogens (tertiary/aromatic N) is 1. The molecule has 0 heterocycles. The van der Waals surface area contributed by atoms with Crippen molar-refractivity contribution in [1.82, 2.24) is 0 Å². The molecule has 0 amide bonds. The van der Waals surface area contributed by atoms with Gasteiger partial charge in [-0.05, 0) is 48.5 Å². The van der Waals surface area contributed by atoms with Crippen LogP contribution in [0.3, 0.4) is 0 Å². The molecule has 0 fully saturated rings. The second kappa shape index (κ2) is 8.13. The van der Waals surface area contributed by atoms with Crippen molar-refractivity contribution in [1.29, 1.82) is 0 Å². The molecule has 7 heteroatoms. The zero-order valence-electron chi connectivity index (χ0n) is 14.8. The predicted molar refractivity (Wildman–Crippen MR) is 101 cm³/mol. The van der Waals surface area contributed by atoms with Crippen LogP contribution in [0.4, 0.5) is 5.69 Å². The summed E-state index contributed by atoms with van der Waals surface area (Å²) in [5.41, 5.74) is 1.25. The Bertz CT molecular complexity index is 1010. The summed E-state index contributed by atoms with van der Waals surface area (Å²) >= 11 is 0. The van der Waals surface area contributed by atoms with E-state index in [0.717, 1.165) is 0 Å². The van der Waals surface area contributed by atoms with Gasteiger partial charge in [-0.25, -0.2) is 4.79 Å². The minimum atomic E-state index is -0.484. The van der Waals surface area contributed by atoms with Crippen molar-refractivity contribution in [3.63, 3.8) is 0 Å². The van der Waals surface area contributed by atoms with Crippen molar-refractivity contribution in [3.05, 3.63) is 99.6 Å². The van der Waals surface area contributed by atoms with E-state index in [1.165, 1.54) is 43.5 Å². The molecule has 7 nitrogen and oxygen atoms in total. The van der Waals surface area contributed by atoms with Crippen molar-refractivity contribution in [2.24, 2.45) is 0 Å². The number of ketones is 1. The number of hydrogen-bond acceptors (Lipinski definition) is 6. The zero-order chi connectivity index (χ0) is 20.1. The predicted octanol–water partition coefficient (Wildman–Crippen LogP) is 4.40. The summed E-state index contributed by atoms with van der Waals surface area (Å²) in [6.45, 7) is 0. The Balaban J connectivity index is 1.70. The average Bonchev–Trinajstić information content (AvgIpc) is 2.73. The van der Waals surface area contributed by atoms with Gasteiger partial charge in [-0.15, -0.1) is 0 Å². The first-order valence-electron chi connectivity index (χ1n) is 8.23. The van der Waals surface area contributed by atoms with Crippen LogP contribution in [0.15, 0.2) is 72.8 Å². The molecule has 0 aromatic heterocycles. The summed E-state index contributed by atoms with van der Waals surface area (Å²) < 4.78 is 10.3. The quantitative estimate of drug-likeness (QED) is 0.273. The minimum absolute atomic E-state index is 0.0217. The molecule has 0 aliphatic carbocycles. The standard InChI is InChI=1S/C21H15NO6/c1-27-21(24)16-4-2-14(3-5-16)20(23)15-6-10-18(11-7-15)28-19-12-8-17(9-13-19)22(25)26/h2-13H,1H3. The molecule has 0 aliphatic rings. The van der Waals surface area contributed by atoms with Crippen LogP contribution in [0.25, 0.3) is 0 Å². The van der Waals surface area contributed by atoms with E-state index in [4.69, 9.17) is 4.74 Å². The van der Waals surface area contributed by atoms with Gasteiger partial charge in [0, 0.05) is 23.3 Å². The topological polar surface area (TPSA) is 95.7 Å². The molecule has 0 radical (unpaired) electrons. The van der Waals surface area contributed by atoms with Crippen LogP contribution in [0.5, 0.6) is 11.5 Å². The first-order chi connectivity index (χ1) is 13.5. The molecule has 28 heavy (non-hydrogen) atoms. The highest BCUT2D eigenvalue weighted by Crippen LogP contribution is 2.24. The van der Waals surface area contributed by atoms with Crippen molar-refractivity contribution in [2.45, 2.75) is 0 Å². The third-order valence-electron chi connectivity index (χ3n) is 3.97. The molecule has 0 saturated heterocycles. The third-order valence-corrected chi connectivity index (χ3v) is 3.97. The summed E-state index contributed by atoms with van der Waals surface area (Å²) in [7, 11) is 1.29. The molecule has 0 spiro atoms. The lowest BCUT2D eigenvalue weighted by atomic mass is 10.0. The Labute approximate surface area is 160 Å². The molecule has 3 aromatic rings. The maximum atomic E-state index is 12.5. The second-order valence-electron chi connectivity index (χ2n) is 5.78. The van der Waals surface area contributed by atoms with E-state index in [9.17, 15) is 19.7 Å². The monoisotopic (exact) mass is 377 g/mol. The normalized spacial score (nSPS) is 10.2. The van der Waals surface area contributed by atoms with Gasteiger partial charge in [0.25, 0.3) is 5.69 Å². The van der Waals surface area contributed by atoms with E-state index in [0.29, 0.717) is 28.2 Å². The summed E-state index contributed by atoms with van der Waals surface area (Å²) in [4.78, 5) is 34.2. The van der Waals surface area contributed by atoms with E-state index >= 15 is 0 Å². The highest BCUT2D eigenvalue weighted by atomic mass is 16.6. The van der Waals surface area contributed by atoms with Crippen LogP contribution in [-0.2, 0) is 4.74 Å². The highest BCUT2D eigenvalue weighted by molar-refractivity contribution is 6.09. The van der Waals surface area contributed by atoms with Gasteiger partial charge >= 0.3 is 5.97 Å². The molecule has 0 unspecified atom stereocenters. The number of nitro benzene ring substituents is 1. The SMILES string of the molecule is COC(=O)c1ccc(C(=O)c2ccc(Oc3ccc([N+](=O)[O-])cc3)cc2)cc1. The summed E-state index contributed by atoms with van der Waals surface area (Å²) in [5, 5.41) is 10.7. The van der Waals surface area contributed by atoms with E-state index in [1.807, 2.05) is 0 Å². The lowest BCUT2D eigenvalue weighted by molar-refractivity contribution is -0.384. The summed E-state index contributed by atoms with van der Waals surface area (Å²) in [5.74, 6) is 0.277. The van der Waals surface area contributed by atoms with Gasteiger partial charge in [-0.1, -0.05) is 12.1 Å². The molecule has 0 saturated carbocycles. The van der Waals surface area contributed by atoms with Crippen molar-refractivity contribution in [2.75, 3.05) is 7.11 Å². The zero-order valence-corrected chi connectivity index (χ0v) is 14.8. The Kier molecular flexibility index (Phi) is 5.45. The van der Waals surface area contributed by atoms with Crippen LogP contribution in [-0.4, -0.2) is 23.8 Å². The van der Waals surface area contributed by atoms with Gasteiger partial charge in [-0.2, -0.15) is 0 Å². The first kappa shape index (κ1) is 18.8. The maximum absolute atomic E-state index is 12.5. The average molecular weight is 377 g/mol. The summed E-state index contributed by atoms with van der Waals surface area (Å²) in [6.07, 6.45) is 0. The molecular formula is C21H15NO6. The highest BCUT2D eigenvalue weighted by Gasteiger charge is 2.12. The molecule has 3 aromatic carbocycles. The van der Waals surface area contributed by atoms with Gasteiger partial charge in [-0.3, -0.25) is 14.9 Å². The number of non-ortho nitro benzene ring substituents is 1. The lowest BCUT2D eigenvalue weighted by Gasteiger charge is -2.07. The van der Waals surface area contributed by atoms with Crippen LogP contribution in [0, 0.1) is 10.1 Å². The van der Waals surface area contributed by atoms with Gasteiger partial charge in [0.1, 0.15) is 11.5 Å². The number of rotatable bonds is 6. The van der Waals surface area contributed by atoms with Crippen molar-refractivity contribution >= 4 is 17.4 Å². The summed E-state index contributed by atoms with van der Waals surface area (Å²) in [6, 6.07) is 18.4. The van der Waals surface area contributed by atoms with Crippen molar-refractivity contribution in [3.8, 4) is 11.5 Å². The number of nitro groups is 1. The van der Waals surface area contributed by atoms with Crippen LogP contribution in [0.1, 0.15) is 26.3 Å². The molecule has 0 aliphatic heterocycles. The van der Waals surface area contributed by atoms with Crippen LogP contribution in [0.2, 0.25) is 0 Å². The number of ether oxygens (including phenoxy) is 2. The number of carbonyl (C=O) groups excluding carboxylic acids is 2. The fourth-order valence-corrected chi connectivity index (χ4v) is 2.49. The van der Waals surface area contributed by atoms with Crippen LogP contribution >= 0.6 is 0 Å². The molecule has 0 bridgehead atoms. The first-order valence-corrected chi connectivity index (χ1v) is 8.23. The molecule has 3 rings (SSSR count). The Morgan fingerprint density at radius 2 is 1.18 bits per heavy atom. The molecule has 0 atom stereocenters. The second-order valence-corrected chi connectivity index (χ2v) is 5.78. The minimum Gasteiger partial charge on any atom is -0.465 e. The van der Waals surface area contributed by atoms with E-state index in [2.05, 4.69) is 4.74 Å². The van der Waals surface area contributed by atoms with E-state index in [1.54, 1.807) is 36.4 Å². The Morgan fingerprint density at radius 1 is 0.750 bits per heavy atom. The smallest absolute Gasteiger partial charge is 0.337 e. The van der Waals surface area contributed by atoms with Crippen molar-refractivity contribution < 1.29 is 24.0 Å². The number of methoxy groups -OCH3 is 1. The number of benzene rings is 3. The maximum Gasteiger partial charge on any atom is 0.337 e. The molecule has 140 valence electrons. The molecular weight excluding hydrogens is 362 g/mol. The van der Waals surface area contributed by atoms with Gasteiger partial charge < -0.3 is 9.47 Å². The fraction of sp³-hybridized carbons (Fsp3) is 0.0476. The van der Waals surface area contributed by atoms with E-state index in [-0.39, 0.29) is 11.5 Å². The number of esters is 1. The molecule has 0 N–H and O–H groups in total. The Hall–Kier alpha value is -4.00. The third kappa shape index (κ3) is 4.21. The number of carbonyl (C=O) groups is 2. The fourth-order valence-electron chi connectivity index (χ4n) is 2.49. The van der Waals surface area contributed by atoms with Crippen LogP contribution < -0.4 is 4.74 Å². The van der Waals surface area contributed by atoms with Gasteiger partial charge in [0.2, 0.25) is 0 Å². The number of hydrogen-bond donors (Lipinski definition) is 0. The largest absolute Gasteiger partial charge is 0.465 e.